The molecule has 104 valence electrons. The standard InChI is InChI=1S/C16H12ClN3O/c1-16(2)20-15(13-5-3-4-6-19-13)11-7-10(9-18)12(17)8-14(11)21-16/h3-8H,1-2H3. The van der Waals surface area contributed by atoms with Crippen molar-refractivity contribution in [3.8, 4) is 11.8 Å². The molecular weight excluding hydrogens is 286 g/mol. The van der Waals surface area contributed by atoms with E-state index in [9.17, 15) is 0 Å². The van der Waals surface area contributed by atoms with Crippen molar-refractivity contribution < 1.29 is 4.74 Å². The van der Waals surface area contributed by atoms with Crippen LogP contribution >= 0.6 is 11.6 Å². The van der Waals surface area contributed by atoms with Crippen LogP contribution in [0.1, 0.15) is 30.7 Å². The summed E-state index contributed by atoms with van der Waals surface area (Å²) in [5.74, 6) is 0.611. The second-order valence-electron chi connectivity index (χ2n) is 5.16. The fourth-order valence-corrected chi connectivity index (χ4v) is 2.43. The first-order chi connectivity index (χ1) is 10.00. The van der Waals surface area contributed by atoms with Crippen LogP contribution in [0.5, 0.6) is 5.75 Å². The maximum absolute atomic E-state index is 9.15. The van der Waals surface area contributed by atoms with Crippen LogP contribution in [0.15, 0.2) is 41.5 Å². The molecule has 21 heavy (non-hydrogen) atoms. The first-order valence-electron chi connectivity index (χ1n) is 6.44. The highest BCUT2D eigenvalue weighted by Gasteiger charge is 2.30. The number of benzene rings is 1. The number of aliphatic imine (C=N–C) groups is 1. The first kappa shape index (κ1) is 13.6. The van der Waals surface area contributed by atoms with Crippen LogP contribution in [0.2, 0.25) is 5.02 Å². The van der Waals surface area contributed by atoms with E-state index in [4.69, 9.17) is 21.6 Å². The van der Waals surface area contributed by atoms with Gasteiger partial charge in [-0.15, -0.1) is 0 Å². The summed E-state index contributed by atoms with van der Waals surface area (Å²) >= 11 is 6.09. The molecule has 0 bridgehead atoms. The number of hydrogen-bond acceptors (Lipinski definition) is 4. The third-order valence-electron chi connectivity index (χ3n) is 3.09. The van der Waals surface area contributed by atoms with Gasteiger partial charge in [-0.3, -0.25) is 4.98 Å². The Kier molecular flexibility index (Phi) is 3.15. The summed E-state index contributed by atoms with van der Waals surface area (Å²) in [7, 11) is 0. The number of ether oxygens (including phenoxy) is 1. The van der Waals surface area contributed by atoms with Crippen molar-refractivity contribution in [3.05, 3.63) is 58.4 Å². The maximum Gasteiger partial charge on any atom is 0.195 e. The number of aromatic nitrogens is 1. The maximum atomic E-state index is 9.15. The molecule has 0 saturated carbocycles. The Morgan fingerprint density at radius 2 is 2.10 bits per heavy atom. The normalized spacial score (nSPS) is 15.4. The van der Waals surface area contributed by atoms with E-state index in [1.165, 1.54) is 0 Å². The minimum absolute atomic E-state index is 0.370. The molecule has 0 unspecified atom stereocenters. The number of pyridine rings is 1. The molecule has 0 N–H and O–H groups in total. The average Bonchev–Trinajstić information content (AvgIpc) is 2.46. The van der Waals surface area contributed by atoms with Crippen LogP contribution in [0.3, 0.4) is 0 Å². The van der Waals surface area contributed by atoms with Crippen LogP contribution in [0, 0.1) is 11.3 Å². The summed E-state index contributed by atoms with van der Waals surface area (Å²) < 4.78 is 5.84. The molecule has 0 spiro atoms. The van der Waals surface area contributed by atoms with E-state index in [2.05, 4.69) is 16.0 Å². The van der Waals surface area contributed by atoms with Crippen LogP contribution in [0.25, 0.3) is 0 Å². The molecule has 0 radical (unpaired) electrons. The van der Waals surface area contributed by atoms with Gasteiger partial charge in [0.05, 0.1) is 22.0 Å². The Bertz CT molecular complexity index is 776. The lowest BCUT2D eigenvalue weighted by Gasteiger charge is -2.30. The number of halogens is 1. The summed E-state index contributed by atoms with van der Waals surface area (Å²) in [6.07, 6.45) is 1.71. The van der Waals surface area contributed by atoms with E-state index in [-0.39, 0.29) is 0 Å². The summed E-state index contributed by atoms with van der Waals surface area (Å²) in [4.78, 5) is 8.95. The van der Waals surface area contributed by atoms with Crippen LogP contribution < -0.4 is 4.74 Å². The zero-order valence-corrected chi connectivity index (χ0v) is 12.3. The molecule has 0 aliphatic carbocycles. The second-order valence-corrected chi connectivity index (χ2v) is 5.57. The lowest BCUT2D eigenvalue weighted by Crippen LogP contribution is -2.32. The molecule has 1 aromatic carbocycles. The number of fused-ring (bicyclic) bond motifs is 1. The minimum Gasteiger partial charge on any atom is -0.466 e. The quantitative estimate of drug-likeness (QED) is 0.808. The molecule has 0 fully saturated rings. The van der Waals surface area contributed by atoms with Crippen molar-refractivity contribution in [1.29, 1.82) is 5.26 Å². The molecule has 4 nitrogen and oxygen atoms in total. The molecule has 0 amide bonds. The van der Waals surface area contributed by atoms with Crippen molar-refractivity contribution >= 4 is 17.3 Å². The zero-order valence-electron chi connectivity index (χ0n) is 11.6. The predicted octanol–water partition coefficient (Wildman–Crippen LogP) is 3.57. The first-order valence-corrected chi connectivity index (χ1v) is 6.82. The average molecular weight is 298 g/mol. The Hall–Kier alpha value is -2.38. The lowest BCUT2D eigenvalue weighted by atomic mass is 10.0. The van der Waals surface area contributed by atoms with Crippen LogP contribution in [-0.2, 0) is 0 Å². The fraction of sp³-hybridized carbons (Fsp3) is 0.188. The van der Waals surface area contributed by atoms with E-state index in [0.29, 0.717) is 22.0 Å². The van der Waals surface area contributed by atoms with Gasteiger partial charge in [-0.1, -0.05) is 17.7 Å². The lowest BCUT2D eigenvalue weighted by molar-refractivity contribution is 0.115. The topological polar surface area (TPSA) is 58.3 Å². The number of hydrogen-bond donors (Lipinski definition) is 0. The molecule has 0 saturated heterocycles. The van der Waals surface area contributed by atoms with E-state index < -0.39 is 5.72 Å². The van der Waals surface area contributed by atoms with E-state index in [1.54, 1.807) is 18.3 Å². The van der Waals surface area contributed by atoms with E-state index in [0.717, 1.165) is 11.3 Å². The smallest absolute Gasteiger partial charge is 0.195 e. The predicted molar refractivity (Wildman–Crippen MR) is 80.8 cm³/mol. The molecule has 5 heteroatoms. The summed E-state index contributed by atoms with van der Waals surface area (Å²) in [5, 5.41) is 9.52. The van der Waals surface area contributed by atoms with Gasteiger partial charge in [-0.05, 0) is 32.0 Å². The Labute approximate surface area is 127 Å². The Balaban J connectivity index is 2.25. The van der Waals surface area contributed by atoms with Crippen molar-refractivity contribution in [1.82, 2.24) is 4.98 Å². The third-order valence-corrected chi connectivity index (χ3v) is 3.41. The van der Waals surface area contributed by atoms with Gasteiger partial charge in [0.25, 0.3) is 0 Å². The van der Waals surface area contributed by atoms with Gasteiger partial charge < -0.3 is 4.74 Å². The van der Waals surface area contributed by atoms with Gasteiger partial charge in [-0.25, -0.2) is 4.99 Å². The SMILES string of the molecule is CC1(C)N=C(c2ccccn2)c2cc(C#N)c(Cl)cc2O1. The molecule has 1 aromatic heterocycles. The third kappa shape index (κ3) is 2.48. The van der Waals surface area contributed by atoms with Crippen LogP contribution in [-0.4, -0.2) is 16.4 Å². The van der Waals surface area contributed by atoms with Gasteiger partial charge in [0.1, 0.15) is 11.8 Å². The highest BCUT2D eigenvalue weighted by atomic mass is 35.5. The van der Waals surface area contributed by atoms with Gasteiger partial charge in [0, 0.05) is 17.8 Å². The van der Waals surface area contributed by atoms with Crippen LogP contribution in [0.4, 0.5) is 0 Å². The summed E-state index contributed by atoms with van der Waals surface area (Å²) in [5.41, 5.74) is 1.85. The molecular formula is C16H12ClN3O. The van der Waals surface area contributed by atoms with Crippen molar-refractivity contribution in [2.45, 2.75) is 19.6 Å². The van der Waals surface area contributed by atoms with Crippen molar-refractivity contribution in [2.75, 3.05) is 0 Å². The highest BCUT2D eigenvalue weighted by Crippen LogP contribution is 2.35. The van der Waals surface area contributed by atoms with Gasteiger partial charge >= 0.3 is 0 Å². The fourth-order valence-electron chi connectivity index (χ4n) is 2.23. The molecule has 0 atom stereocenters. The van der Waals surface area contributed by atoms with Gasteiger partial charge in [0.2, 0.25) is 0 Å². The van der Waals surface area contributed by atoms with Crippen molar-refractivity contribution in [2.24, 2.45) is 4.99 Å². The second kappa shape index (κ2) is 4.87. The molecule has 2 aromatic rings. The summed E-state index contributed by atoms with van der Waals surface area (Å²) in [6, 6.07) is 11.1. The van der Waals surface area contributed by atoms with Gasteiger partial charge in [0.15, 0.2) is 5.72 Å². The molecule has 2 heterocycles. The number of nitrogens with zero attached hydrogens (tertiary/aromatic N) is 3. The number of rotatable bonds is 1. The minimum atomic E-state index is -0.711. The van der Waals surface area contributed by atoms with E-state index in [1.807, 2.05) is 32.0 Å². The highest BCUT2D eigenvalue weighted by molar-refractivity contribution is 6.32. The van der Waals surface area contributed by atoms with Crippen molar-refractivity contribution in [3.63, 3.8) is 0 Å². The monoisotopic (exact) mass is 297 g/mol. The number of nitriles is 1. The Morgan fingerprint density at radius 3 is 2.76 bits per heavy atom. The van der Waals surface area contributed by atoms with Gasteiger partial charge in [-0.2, -0.15) is 5.26 Å². The molecule has 1 aliphatic rings. The zero-order chi connectivity index (χ0) is 15.0. The molecule has 1 aliphatic heterocycles. The largest absolute Gasteiger partial charge is 0.466 e. The summed E-state index contributed by atoms with van der Waals surface area (Å²) in [6.45, 7) is 3.73. The van der Waals surface area contributed by atoms with E-state index >= 15 is 0 Å². The molecule has 3 rings (SSSR count). The Morgan fingerprint density at radius 1 is 1.29 bits per heavy atom.